The maximum Gasteiger partial charge on any atom is 0.318 e. The number of ether oxygens (including phenoxy) is 1. The number of carbonyl (C=O) groups is 1. The number of para-hydroxylation sites is 1. The summed E-state index contributed by atoms with van der Waals surface area (Å²) in [6.45, 7) is 3.43. The quantitative estimate of drug-likeness (QED) is 0.884. The Morgan fingerprint density at radius 1 is 1.18 bits per heavy atom. The third-order valence-electron chi connectivity index (χ3n) is 6.79. The van der Waals surface area contributed by atoms with Crippen LogP contribution >= 0.6 is 0 Å². The monoisotopic (exact) mass is 381 g/mol. The van der Waals surface area contributed by atoms with Gasteiger partial charge in [-0.2, -0.15) is 0 Å². The Morgan fingerprint density at radius 2 is 2.00 bits per heavy atom. The standard InChI is InChI=1S/C22H27N3O3/c1-27-19-7-3-2-6-17(19)18-14-25(22(26)23-13-16-5-4-12-28-16)20-15-8-10-24(11-9-15)21(18)20/h2-7,12,15,18,20-21H,8-11,13-14H2,1H3,(H,23,26)/t18-,20-,21-/m1/s1. The summed E-state index contributed by atoms with van der Waals surface area (Å²) >= 11 is 0. The highest BCUT2D eigenvalue weighted by atomic mass is 16.5. The molecule has 6 heteroatoms. The number of carbonyl (C=O) groups excluding carboxylic acids is 1. The van der Waals surface area contributed by atoms with Crippen LogP contribution in [0.15, 0.2) is 47.1 Å². The zero-order valence-corrected chi connectivity index (χ0v) is 16.2. The molecule has 2 aromatic rings. The minimum Gasteiger partial charge on any atom is -0.496 e. The SMILES string of the molecule is COc1ccccc1[C@H]1CN(C(=O)NCc2ccco2)[C@@H]2C3CCN(CC3)[C@H]12. The van der Waals surface area contributed by atoms with Crippen molar-refractivity contribution in [2.24, 2.45) is 5.92 Å². The van der Waals surface area contributed by atoms with Gasteiger partial charge in [-0.05, 0) is 50.0 Å². The molecule has 4 aliphatic rings. The van der Waals surface area contributed by atoms with Crippen LogP contribution in [-0.4, -0.2) is 54.7 Å². The smallest absolute Gasteiger partial charge is 0.318 e. The number of benzene rings is 1. The summed E-state index contributed by atoms with van der Waals surface area (Å²) in [4.78, 5) is 17.8. The molecular formula is C22H27N3O3. The van der Waals surface area contributed by atoms with E-state index in [1.165, 1.54) is 18.4 Å². The second kappa shape index (κ2) is 7.17. The number of methoxy groups -OCH3 is 1. The average molecular weight is 381 g/mol. The molecule has 148 valence electrons. The molecule has 1 aromatic carbocycles. The van der Waals surface area contributed by atoms with Gasteiger partial charge in [-0.25, -0.2) is 4.79 Å². The maximum absolute atomic E-state index is 13.1. The van der Waals surface area contributed by atoms with E-state index in [9.17, 15) is 4.79 Å². The number of rotatable bonds is 4. The van der Waals surface area contributed by atoms with Crippen molar-refractivity contribution in [1.82, 2.24) is 15.1 Å². The molecule has 28 heavy (non-hydrogen) atoms. The second-order valence-corrected chi connectivity index (χ2v) is 8.09. The molecule has 4 aliphatic heterocycles. The first kappa shape index (κ1) is 17.6. The van der Waals surface area contributed by atoms with Gasteiger partial charge in [0.05, 0.1) is 26.0 Å². The highest BCUT2D eigenvalue weighted by molar-refractivity contribution is 5.75. The van der Waals surface area contributed by atoms with Gasteiger partial charge in [-0.3, -0.25) is 4.90 Å². The highest BCUT2D eigenvalue weighted by Gasteiger charge is 2.55. The van der Waals surface area contributed by atoms with Gasteiger partial charge in [-0.15, -0.1) is 0 Å². The molecule has 5 heterocycles. The Balaban J connectivity index is 1.43. The largest absolute Gasteiger partial charge is 0.496 e. The number of urea groups is 1. The first-order valence-corrected chi connectivity index (χ1v) is 10.2. The van der Waals surface area contributed by atoms with Crippen LogP contribution < -0.4 is 10.1 Å². The van der Waals surface area contributed by atoms with Crippen molar-refractivity contribution >= 4 is 6.03 Å². The van der Waals surface area contributed by atoms with Crippen molar-refractivity contribution < 1.29 is 13.9 Å². The number of piperidine rings is 3. The van der Waals surface area contributed by atoms with Gasteiger partial charge < -0.3 is 19.4 Å². The summed E-state index contributed by atoms with van der Waals surface area (Å²) in [5.41, 5.74) is 1.22. The summed E-state index contributed by atoms with van der Waals surface area (Å²) in [6.07, 6.45) is 4.00. The minimum atomic E-state index is 0.0116. The first-order valence-electron chi connectivity index (χ1n) is 10.2. The van der Waals surface area contributed by atoms with Crippen LogP contribution in [0.1, 0.15) is 30.1 Å². The van der Waals surface area contributed by atoms with E-state index in [0.717, 1.165) is 31.1 Å². The molecule has 0 unspecified atom stereocenters. The predicted molar refractivity (Wildman–Crippen MR) is 105 cm³/mol. The van der Waals surface area contributed by atoms with Gasteiger partial charge in [0, 0.05) is 24.1 Å². The number of furan rings is 1. The van der Waals surface area contributed by atoms with Crippen molar-refractivity contribution in [3.8, 4) is 5.75 Å². The van der Waals surface area contributed by atoms with E-state index in [2.05, 4.69) is 27.2 Å². The summed E-state index contributed by atoms with van der Waals surface area (Å²) in [5.74, 6) is 2.56. The lowest BCUT2D eigenvalue weighted by Crippen LogP contribution is -2.61. The average Bonchev–Trinajstić information content (AvgIpc) is 3.42. The lowest BCUT2D eigenvalue weighted by molar-refractivity contribution is 0.00334. The topological polar surface area (TPSA) is 58.0 Å². The zero-order chi connectivity index (χ0) is 19.1. The number of fused-ring (bicyclic) bond motifs is 2. The maximum atomic E-state index is 13.1. The molecule has 6 nitrogen and oxygen atoms in total. The number of hydrogen-bond donors (Lipinski definition) is 1. The minimum absolute atomic E-state index is 0.0116. The van der Waals surface area contributed by atoms with E-state index < -0.39 is 0 Å². The molecule has 1 N–H and O–H groups in total. The van der Waals surface area contributed by atoms with Crippen LogP contribution in [-0.2, 0) is 6.54 Å². The van der Waals surface area contributed by atoms with Gasteiger partial charge in [0.15, 0.2) is 0 Å². The molecule has 2 amide bonds. The van der Waals surface area contributed by atoms with E-state index in [-0.39, 0.29) is 18.0 Å². The molecule has 0 radical (unpaired) electrons. The fourth-order valence-corrected chi connectivity index (χ4v) is 5.58. The fraction of sp³-hybridized carbons (Fsp3) is 0.500. The van der Waals surface area contributed by atoms with Crippen molar-refractivity contribution in [2.45, 2.75) is 37.4 Å². The van der Waals surface area contributed by atoms with E-state index in [1.54, 1.807) is 13.4 Å². The van der Waals surface area contributed by atoms with Crippen molar-refractivity contribution in [2.75, 3.05) is 26.7 Å². The number of likely N-dealkylation sites (tertiary alicyclic amines) is 1. The van der Waals surface area contributed by atoms with Crippen molar-refractivity contribution in [3.05, 3.63) is 54.0 Å². The molecule has 2 bridgehead atoms. The fourth-order valence-electron chi connectivity index (χ4n) is 5.58. The van der Waals surface area contributed by atoms with Gasteiger partial charge in [-0.1, -0.05) is 18.2 Å². The molecule has 6 rings (SSSR count). The van der Waals surface area contributed by atoms with Crippen LogP contribution in [0, 0.1) is 5.92 Å². The van der Waals surface area contributed by atoms with Crippen molar-refractivity contribution in [3.63, 3.8) is 0 Å². The normalized spacial score (nSPS) is 30.9. The van der Waals surface area contributed by atoms with E-state index in [0.29, 0.717) is 18.5 Å². The Kier molecular flexibility index (Phi) is 4.51. The summed E-state index contributed by atoms with van der Waals surface area (Å²) in [6, 6.07) is 12.7. The zero-order valence-electron chi connectivity index (χ0n) is 16.2. The lowest BCUT2D eigenvalue weighted by Gasteiger charge is -2.51. The van der Waals surface area contributed by atoms with Crippen LogP contribution in [0.2, 0.25) is 0 Å². The summed E-state index contributed by atoms with van der Waals surface area (Å²) < 4.78 is 11.0. The van der Waals surface area contributed by atoms with Crippen molar-refractivity contribution in [1.29, 1.82) is 0 Å². The highest BCUT2D eigenvalue weighted by Crippen LogP contribution is 2.48. The molecule has 0 spiro atoms. The Hall–Kier alpha value is -2.47. The lowest BCUT2D eigenvalue weighted by atomic mass is 9.75. The van der Waals surface area contributed by atoms with E-state index >= 15 is 0 Å². The number of nitrogens with zero attached hydrogens (tertiary/aromatic N) is 2. The predicted octanol–water partition coefficient (Wildman–Crippen LogP) is 3.06. The Bertz CT molecular complexity index is 829. The third-order valence-corrected chi connectivity index (χ3v) is 6.79. The van der Waals surface area contributed by atoms with Crippen LogP contribution in [0.25, 0.3) is 0 Å². The van der Waals surface area contributed by atoms with Crippen LogP contribution in [0.3, 0.4) is 0 Å². The molecule has 4 saturated heterocycles. The summed E-state index contributed by atoms with van der Waals surface area (Å²) in [5, 5.41) is 3.06. The number of nitrogens with one attached hydrogen (secondary N) is 1. The van der Waals surface area contributed by atoms with Gasteiger partial charge in [0.1, 0.15) is 11.5 Å². The summed E-state index contributed by atoms with van der Waals surface area (Å²) in [7, 11) is 1.73. The number of hydrogen-bond acceptors (Lipinski definition) is 4. The molecule has 3 atom stereocenters. The van der Waals surface area contributed by atoms with E-state index in [4.69, 9.17) is 9.15 Å². The van der Waals surface area contributed by atoms with E-state index in [1.807, 2.05) is 24.3 Å². The first-order chi connectivity index (χ1) is 13.8. The molecular weight excluding hydrogens is 354 g/mol. The molecule has 0 saturated carbocycles. The van der Waals surface area contributed by atoms with Crippen LogP contribution in [0.4, 0.5) is 4.79 Å². The van der Waals surface area contributed by atoms with Crippen LogP contribution in [0.5, 0.6) is 5.75 Å². The third kappa shape index (κ3) is 2.87. The molecule has 4 fully saturated rings. The van der Waals surface area contributed by atoms with Gasteiger partial charge >= 0.3 is 6.03 Å². The van der Waals surface area contributed by atoms with Gasteiger partial charge in [0.25, 0.3) is 0 Å². The number of amides is 2. The Labute approximate surface area is 165 Å². The second-order valence-electron chi connectivity index (χ2n) is 8.09. The molecule has 0 aliphatic carbocycles. The Morgan fingerprint density at radius 3 is 2.75 bits per heavy atom. The van der Waals surface area contributed by atoms with Gasteiger partial charge in [0.2, 0.25) is 0 Å². The molecule has 1 aromatic heterocycles.